The topological polar surface area (TPSA) is 73.4 Å². The summed E-state index contributed by atoms with van der Waals surface area (Å²) in [6, 6.07) is 9.29. The van der Waals surface area contributed by atoms with Crippen LogP contribution in [-0.2, 0) is 22.7 Å². The maximum absolute atomic E-state index is 12.5. The van der Waals surface area contributed by atoms with E-state index in [0.29, 0.717) is 0 Å². The Morgan fingerprint density at radius 3 is 2.44 bits per heavy atom. The van der Waals surface area contributed by atoms with Crippen molar-refractivity contribution in [2.75, 3.05) is 0 Å². The van der Waals surface area contributed by atoms with E-state index in [0.717, 1.165) is 24.0 Å². The monoisotopic (exact) mass is 364 g/mol. The minimum Gasteiger partial charge on any atom is -0.598 e. The summed E-state index contributed by atoms with van der Waals surface area (Å²) >= 11 is -1.25. The summed E-state index contributed by atoms with van der Waals surface area (Å²) in [4.78, 5) is 12.2. The molecular formula is C19H28N2O3S. The number of nitrogens with one attached hydrogen (secondary N) is 2. The first-order valence-corrected chi connectivity index (χ1v) is 9.61. The van der Waals surface area contributed by atoms with Gasteiger partial charge in [-0.2, -0.15) is 0 Å². The molecule has 1 fully saturated rings. The molecule has 0 aromatic heterocycles. The number of hydrogen-bond acceptors (Lipinski definition) is 4. The predicted octanol–water partition coefficient (Wildman–Crippen LogP) is 3.44. The SMILES string of the molecule is C=C(C)[C@@H](N[S+]([O-])C(C)(C)C)C1(NC(=O)OCc2ccccc2)CC1. The molecule has 1 saturated carbocycles. The molecule has 1 aliphatic rings. The second-order valence-electron chi connectivity index (χ2n) is 7.62. The number of hydrogen-bond donors (Lipinski definition) is 2. The average molecular weight is 365 g/mol. The molecular weight excluding hydrogens is 336 g/mol. The minimum absolute atomic E-state index is 0.224. The van der Waals surface area contributed by atoms with E-state index >= 15 is 0 Å². The molecule has 25 heavy (non-hydrogen) atoms. The van der Waals surface area contributed by atoms with E-state index in [1.54, 1.807) is 0 Å². The Hall–Kier alpha value is -1.50. The van der Waals surface area contributed by atoms with Gasteiger partial charge in [-0.3, -0.25) is 0 Å². The molecule has 2 N–H and O–H groups in total. The van der Waals surface area contributed by atoms with Crippen LogP contribution < -0.4 is 10.0 Å². The molecule has 138 valence electrons. The van der Waals surface area contributed by atoms with Crippen LogP contribution in [-0.4, -0.2) is 27.0 Å². The summed E-state index contributed by atoms with van der Waals surface area (Å²) in [5.41, 5.74) is 1.31. The second kappa shape index (κ2) is 7.81. The van der Waals surface area contributed by atoms with Crippen molar-refractivity contribution < 1.29 is 14.1 Å². The molecule has 2 atom stereocenters. The zero-order valence-corrected chi connectivity index (χ0v) is 16.2. The lowest BCUT2D eigenvalue weighted by Crippen LogP contribution is -2.56. The van der Waals surface area contributed by atoms with Crippen molar-refractivity contribution >= 4 is 17.5 Å². The molecule has 6 heteroatoms. The molecule has 2 rings (SSSR count). The van der Waals surface area contributed by atoms with Gasteiger partial charge in [0.25, 0.3) is 0 Å². The van der Waals surface area contributed by atoms with Crippen molar-refractivity contribution in [3.63, 3.8) is 0 Å². The zero-order valence-electron chi connectivity index (χ0n) is 15.4. The maximum atomic E-state index is 12.5. The predicted molar refractivity (Wildman–Crippen MR) is 101 cm³/mol. The van der Waals surface area contributed by atoms with E-state index in [1.165, 1.54) is 0 Å². The fraction of sp³-hybridized carbons (Fsp3) is 0.526. The third-order valence-electron chi connectivity index (χ3n) is 4.18. The van der Waals surface area contributed by atoms with Crippen molar-refractivity contribution in [3.8, 4) is 0 Å². The number of amides is 1. The van der Waals surface area contributed by atoms with Gasteiger partial charge in [0, 0.05) is 11.4 Å². The summed E-state index contributed by atoms with van der Waals surface area (Å²) in [7, 11) is 0. The van der Waals surface area contributed by atoms with Crippen molar-refractivity contribution in [3.05, 3.63) is 48.0 Å². The molecule has 1 aliphatic carbocycles. The number of carbonyl (C=O) groups is 1. The molecule has 0 radical (unpaired) electrons. The third-order valence-corrected chi connectivity index (χ3v) is 5.74. The van der Waals surface area contributed by atoms with Crippen LogP contribution in [0.5, 0.6) is 0 Å². The van der Waals surface area contributed by atoms with Gasteiger partial charge in [0.05, 0.1) is 11.6 Å². The van der Waals surface area contributed by atoms with Crippen LogP contribution in [0.2, 0.25) is 0 Å². The van der Waals surface area contributed by atoms with E-state index in [4.69, 9.17) is 4.74 Å². The number of ether oxygens (including phenoxy) is 1. The number of benzene rings is 1. The Balaban J connectivity index is 1.96. The highest BCUT2D eigenvalue weighted by molar-refractivity contribution is 7.90. The van der Waals surface area contributed by atoms with Gasteiger partial charge in [0.1, 0.15) is 11.4 Å². The van der Waals surface area contributed by atoms with E-state index in [2.05, 4.69) is 16.6 Å². The van der Waals surface area contributed by atoms with E-state index in [-0.39, 0.29) is 12.6 Å². The first kappa shape index (κ1) is 19.8. The van der Waals surface area contributed by atoms with Crippen molar-refractivity contribution in [1.82, 2.24) is 10.0 Å². The number of carbonyl (C=O) groups excluding carboxylic acids is 1. The van der Waals surface area contributed by atoms with Crippen molar-refractivity contribution in [1.29, 1.82) is 0 Å². The summed E-state index contributed by atoms with van der Waals surface area (Å²) in [6.45, 7) is 11.8. The highest BCUT2D eigenvalue weighted by Gasteiger charge is 2.53. The molecule has 1 unspecified atom stereocenters. The van der Waals surface area contributed by atoms with E-state index < -0.39 is 27.7 Å². The normalized spacial score (nSPS) is 18.1. The Labute approximate surface area is 153 Å². The van der Waals surface area contributed by atoms with Crippen molar-refractivity contribution in [2.24, 2.45) is 0 Å². The first-order chi connectivity index (χ1) is 11.6. The first-order valence-electron chi connectivity index (χ1n) is 8.46. The molecule has 0 saturated heterocycles. The second-order valence-corrected chi connectivity index (χ2v) is 9.62. The Kier molecular flexibility index (Phi) is 6.19. The average Bonchev–Trinajstić information content (AvgIpc) is 3.30. The van der Waals surface area contributed by atoms with E-state index in [1.807, 2.05) is 58.0 Å². The van der Waals surface area contributed by atoms with Crippen molar-refractivity contribution in [2.45, 2.75) is 63.5 Å². The third kappa shape index (κ3) is 5.49. The van der Waals surface area contributed by atoms with Crippen LogP contribution in [0.25, 0.3) is 0 Å². The van der Waals surface area contributed by atoms with Gasteiger partial charge in [-0.25, -0.2) is 4.79 Å². The summed E-state index contributed by atoms with van der Waals surface area (Å²) in [5, 5.41) is 2.96. The summed E-state index contributed by atoms with van der Waals surface area (Å²) in [5.74, 6) is 0. The fourth-order valence-electron chi connectivity index (χ4n) is 2.55. The summed E-state index contributed by atoms with van der Waals surface area (Å²) < 4.78 is 20.5. The lowest BCUT2D eigenvalue weighted by molar-refractivity contribution is 0.132. The Morgan fingerprint density at radius 2 is 1.96 bits per heavy atom. The number of rotatable bonds is 7. The smallest absolute Gasteiger partial charge is 0.407 e. The molecule has 0 aliphatic heterocycles. The molecule has 1 aromatic rings. The summed E-state index contributed by atoms with van der Waals surface area (Å²) in [6.07, 6.45) is 1.15. The van der Waals surface area contributed by atoms with Crippen LogP contribution in [0.4, 0.5) is 4.79 Å². The standard InChI is InChI=1S/C19H28N2O3S/c1-14(2)16(21-25(23)18(3,4)5)19(11-12-19)20-17(22)24-13-15-9-7-6-8-10-15/h6-10,16,21H,1,11-13H2,2-5H3,(H,20,22)/t16-,25?/m1/s1. The van der Waals surface area contributed by atoms with Crippen LogP contribution in [0.3, 0.4) is 0 Å². The zero-order chi connectivity index (χ0) is 18.7. The van der Waals surface area contributed by atoms with Gasteiger partial charge in [-0.15, -0.1) is 4.72 Å². The van der Waals surface area contributed by atoms with Gasteiger partial charge in [0.2, 0.25) is 0 Å². The Bertz CT molecular complexity index is 609. The van der Waals surface area contributed by atoms with Crippen LogP contribution in [0.1, 0.15) is 46.1 Å². The molecule has 1 amide bonds. The molecule has 0 heterocycles. The highest BCUT2D eigenvalue weighted by atomic mass is 32.2. The molecule has 1 aromatic carbocycles. The Morgan fingerprint density at radius 1 is 1.36 bits per heavy atom. The molecule has 5 nitrogen and oxygen atoms in total. The fourth-order valence-corrected chi connectivity index (χ4v) is 3.55. The largest absolute Gasteiger partial charge is 0.598 e. The number of alkyl carbamates (subject to hydrolysis) is 1. The van der Waals surface area contributed by atoms with Gasteiger partial charge in [0.15, 0.2) is 0 Å². The maximum Gasteiger partial charge on any atom is 0.407 e. The van der Waals surface area contributed by atoms with Crippen LogP contribution >= 0.6 is 0 Å². The molecule has 0 bridgehead atoms. The quantitative estimate of drug-likeness (QED) is 0.574. The molecule has 0 spiro atoms. The minimum atomic E-state index is -1.25. The highest BCUT2D eigenvalue weighted by Crippen LogP contribution is 2.41. The van der Waals surface area contributed by atoms with E-state index in [9.17, 15) is 9.35 Å². The van der Waals surface area contributed by atoms with Gasteiger partial charge < -0.3 is 14.6 Å². The van der Waals surface area contributed by atoms with Gasteiger partial charge in [-0.1, -0.05) is 42.5 Å². The van der Waals surface area contributed by atoms with Gasteiger partial charge >= 0.3 is 6.09 Å². The van der Waals surface area contributed by atoms with Gasteiger partial charge in [-0.05, 0) is 46.1 Å². The van der Waals surface area contributed by atoms with Crippen LogP contribution in [0.15, 0.2) is 42.5 Å². The lowest BCUT2D eigenvalue weighted by atomic mass is 10.0. The lowest BCUT2D eigenvalue weighted by Gasteiger charge is -2.33. The van der Waals surface area contributed by atoms with Crippen LogP contribution in [0, 0.1) is 0 Å².